The zero-order chi connectivity index (χ0) is 12.4. The van der Waals surface area contributed by atoms with Crippen molar-refractivity contribution in [2.75, 3.05) is 11.9 Å². The van der Waals surface area contributed by atoms with Gasteiger partial charge in [0.1, 0.15) is 11.6 Å². The van der Waals surface area contributed by atoms with Crippen molar-refractivity contribution in [1.29, 1.82) is 0 Å². The van der Waals surface area contributed by atoms with Crippen LogP contribution in [0.4, 0.5) is 10.1 Å². The molecule has 1 aromatic carbocycles. The van der Waals surface area contributed by atoms with Gasteiger partial charge in [-0.3, -0.25) is 4.79 Å². The Hall–Kier alpha value is -1.62. The van der Waals surface area contributed by atoms with Gasteiger partial charge in [0.2, 0.25) is 5.91 Å². The second-order valence-electron chi connectivity index (χ2n) is 4.12. The first-order valence-corrected chi connectivity index (χ1v) is 5.49. The molecular weight excluding hydrogens is 225 g/mol. The Morgan fingerprint density at radius 2 is 2.35 bits per heavy atom. The Morgan fingerprint density at radius 3 is 2.94 bits per heavy atom. The lowest BCUT2D eigenvalue weighted by molar-refractivity contribution is -0.121. The molecule has 92 valence electrons. The Balaban J connectivity index is 2.07. The normalized spacial score (nSPS) is 23.6. The lowest BCUT2D eigenvalue weighted by Crippen LogP contribution is -2.28. The van der Waals surface area contributed by atoms with Crippen LogP contribution in [0.15, 0.2) is 18.2 Å². The van der Waals surface area contributed by atoms with E-state index in [0.717, 1.165) is 6.07 Å². The number of halogens is 1. The first-order chi connectivity index (χ1) is 8.08. The Kier molecular flexibility index (Phi) is 3.28. The summed E-state index contributed by atoms with van der Waals surface area (Å²) in [5, 5.41) is 11.6. The standard InChI is InChI=1S/C12H14FNO3/c1-7-9(4-5-17-7)12(16)14-11-3-2-8(15)6-10(11)13/h2-3,6-7,9,15H,4-5H2,1H3,(H,14,16). The van der Waals surface area contributed by atoms with E-state index in [-0.39, 0.29) is 29.4 Å². The van der Waals surface area contributed by atoms with Crippen LogP contribution in [0, 0.1) is 11.7 Å². The van der Waals surface area contributed by atoms with E-state index >= 15 is 0 Å². The number of carbonyl (C=O) groups excluding carboxylic acids is 1. The van der Waals surface area contributed by atoms with Crippen molar-refractivity contribution < 1.29 is 19.0 Å². The number of amides is 1. The summed E-state index contributed by atoms with van der Waals surface area (Å²) >= 11 is 0. The first kappa shape index (κ1) is 11.9. The Morgan fingerprint density at radius 1 is 1.59 bits per heavy atom. The van der Waals surface area contributed by atoms with Gasteiger partial charge in [0.25, 0.3) is 0 Å². The smallest absolute Gasteiger partial charge is 0.230 e. The maximum Gasteiger partial charge on any atom is 0.230 e. The Labute approximate surface area is 98.4 Å². The van der Waals surface area contributed by atoms with Gasteiger partial charge < -0.3 is 15.2 Å². The lowest BCUT2D eigenvalue weighted by atomic mass is 10.0. The molecule has 1 aliphatic heterocycles. The van der Waals surface area contributed by atoms with Gasteiger partial charge in [0, 0.05) is 12.7 Å². The van der Waals surface area contributed by atoms with Crippen LogP contribution in [-0.2, 0) is 9.53 Å². The van der Waals surface area contributed by atoms with Gasteiger partial charge in [-0.15, -0.1) is 0 Å². The Bertz CT molecular complexity index is 436. The molecule has 0 radical (unpaired) electrons. The van der Waals surface area contributed by atoms with Crippen LogP contribution in [0.5, 0.6) is 5.75 Å². The molecule has 0 bridgehead atoms. The van der Waals surface area contributed by atoms with E-state index in [0.29, 0.717) is 13.0 Å². The first-order valence-electron chi connectivity index (χ1n) is 5.49. The summed E-state index contributed by atoms with van der Waals surface area (Å²) in [6.45, 7) is 2.38. The van der Waals surface area contributed by atoms with Crippen LogP contribution >= 0.6 is 0 Å². The maximum absolute atomic E-state index is 13.4. The third-order valence-electron chi connectivity index (χ3n) is 2.92. The summed E-state index contributed by atoms with van der Waals surface area (Å²) in [7, 11) is 0. The van der Waals surface area contributed by atoms with Crippen LogP contribution in [-0.4, -0.2) is 23.7 Å². The van der Waals surface area contributed by atoms with Gasteiger partial charge in [0.15, 0.2) is 0 Å². The van der Waals surface area contributed by atoms with Crippen LogP contribution < -0.4 is 5.32 Å². The minimum atomic E-state index is -0.648. The average molecular weight is 239 g/mol. The molecule has 1 aliphatic rings. The van der Waals surface area contributed by atoms with E-state index in [2.05, 4.69) is 5.32 Å². The van der Waals surface area contributed by atoms with Crippen LogP contribution in [0.3, 0.4) is 0 Å². The van der Waals surface area contributed by atoms with E-state index in [9.17, 15) is 9.18 Å². The zero-order valence-corrected chi connectivity index (χ0v) is 9.44. The average Bonchev–Trinajstić information content (AvgIpc) is 2.68. The molecule has 17 heavy (non-hydrogen) atoms. The minimum absolute atomic E-state index is 0.0758. The molecule has 2 atom stereocenters. The molecule has 1 fully saturated rings. The van der Waals surface area contributed by atoms with Crippen LogP contribution in [0.25, 0.3) is 0 Å². The highest BCUT2D eigenvalue weighted by Crippen LogP contribution is 2.24. The van der Waals surface area contributed by atoms with Crippen molar-refractivity contribution in [2.24, 2.45) is 5.92 Å². The summed E-state index contributed by atoms with van der Waals surface area (Å²) in [4.78, 5) is 11.8. The largest absolute Gasteiger partial charge is 0.508 e. The quantitative estimate of drug-likeness (QED) is 0.775. The lowest BCUT2D eigenvalue weighted by Gasteiger charge is -2.14. The number of anilines is 1. The van der Waals surface area contributed by atoms with Crippen molar-refractivity contribution in [3.63, 3.8) is 0 Å². The number of nitrogens with one attached hydrogen (secondary N) is 1. The van der Waals surface area contributed by atoms with Crippen molar-refractivity contribution in [2.45, 2.75) is 19.4 Å². The number of phenols is 1. The monoisotopic (exact) mass is 239 g/mol. The summed E-state index contributed by atoms with van der Waals surface area (Å²) in [6, 6.07) is 3.63. The van der Waals surface area contributed by atoms with Crippen molar-refractivity contribution in [1.82, 2.24) is 0 Å². The molecule has 1 amide bonds. The number of phenolic OH excluding ortho intramolecular Hbond substituents is 1. The third kappa shape index (κ3) is 2.55. The number of hydrogen-bond acceptors (Lipinski definition) is 3. The highest BCUT2D eigenvalue weighted by Gasteiger charge is 2.31. The molecule has 5 heteroatoms. The van der Waals surface area contributed by atoms with Gasteiger partial charge in [-0.2, -0.15) is 0 Å². The maximum atomic E-state index is 13.4. The molecule has 0 aromatic heterocycles. The number of hydrogen-bond donors (Lipinski definition) is 2. The summed E-state index contributed by atoms with van der Waals surface area (Å²) in [5.74, 6) is -1.31. The second-order valence-corrected chi connectivity index (χ2v) is 4.12. The number of ether oxygens (including phenoxy) is 1. The topological polar surface area (TPSA) is 58.6 Å². The van der Waals surface area contributed by atoms with Crippen molar-refractivity contribution in [3.8, 4) is 5.75 Å². The SMILES string of the molecule is CC1OCCC1C(=O)Nc1ccc(O)cc1F. The van der Waals surface area contributed by atoms with E-state index in [4.69, 9.17) is 9.84 Å². The molecule has 2 rings (SSSR count). The molecule has 1 heterocycles. The van der Waals surface area contributed by atoms with Crippen LogP contribution in [0.1, 0.15) is 13.3 Å². The number of benzene rings is 1. The van der Waals surface area contributed by atoms with Crippen molar-refractivity contribution in [3.05, 3.63) is 24.0 Å². The highest BCUT2D eigenvalue weighted by molar-refractivity contribution is 5.93. The van der Waals surface area contributed by atoms with E-state index in [1.165, 1.54) is 12.1 Å². The van der Waals surface area contributed by atoms with Gasteiger partial charge in [-0.25, -0.2) is 4.39 Å². The summed E-state index contributed by atoms with van der Waals surface area (Å²) in [5.41, 5.74) is 0.0758. The molecule has 0 saturated carbocycles. The molecular formula is C12H14FNO3. The van der Waals surface area contributed by atoms with Gasteiger partial charge in [-0.1, -0.05) is 0 Å². The molecule has 1 saturated heterocycles. The van der Waals surface area contributed by atoms with Crippen molar-refractivity contribution >= 4 is 11.6 Å². The summed E-state index contributed by atoms with van der Waals surface area (Å²) in [6.07, 6.45) is 0.502. The molecule has 1 aromatic rings. The zero-order valence-electron chi connectivity index (χ0n) is 9.44. The van der Waals surface area contributed by atoms with E-state index in [1.54, 1.807) is 0 Å². The predicted octanol–water partition coefficient (Wildman–Crippen LogP) is 1.89. The van der Waals surface area contributed by atoms with Gasteiger partial charge in [0.05, 0.1) is 17.7 Å². The molecule has 0 aliphatic carbocycles. The van der Waals surface area contributed by atoms with Gasteiger partial charge in [-0.05, 0) is 25.5 Å². The molecule has 2 unspecified atom stereocenters. The van der Waals surface area contributed by atoms with E-state index < -0.39 is 5.82 Å². The fourth-order valence-corrected chi connectivity index (χ4v) is 1.91. The molecule has 4 nitrogen and oxygen atoms in total. The predicted molar refractivity (Wildman–Crippen MR) is 60.2 cm³/mol. The number of rotatable bonds is 2. The minimum Gasteiger partial charge on any atom is -0.508 e. The molecule has 0 spiro atoms. The highest BCUT2D eigenvalue weighted by atomic mass is 19.1. The van der Waals surface area contributed by atoms with Crippen LogP contribution in [0.2, 0.25) is 0 Å². The molecule has 2 N–H and O–H groups in total. The number of carbonyl (C=O) groups is 1. The fourth-order valence-electron chi connectivity index (χ4n) is 1.91. The van der Waals surface area contributed by atoms with Gasteiger partial charge >= 0.3 is 0 Å². The number of aromatic hydroxyl groups is 1. The third-order valence-corrected chi connectivity index (χ3v) is 2.92. The fraction of sp³-hybridized carbons (Fsp3) is 0.417. The second kappa shape index (κ2) is 4.71. The summed E-state index contributed by atoms with van der Waals surface area (Å²) < 4.78 is 18.7. The van der Waals surface area contributed by atoms with E-state index in [1.807, 2.05) is 6.92 Å².